The quantitative estimate of drug-likeness (QED) is 0.246. The minimum Gasteiger partial charge on any atom is -0.505 e. The first-order chi connectivity index (χ1) is 20.0. The fourth-order valence-electron chi connectivity index (χ4n) is 4.66. The van der Waals surface area contributed by atoms with E-state index in [0.717, 1.165) is 21.3 Å². The van der Waals surface area contributed by atoms with E-state index in [-0.39, 0.29) is 50.0 Å². The lowest BCUT2D eigenvalue weighted by Crippen LogP contribution is -2.41. The third-order valence-corrected chi connectivity index (χ3v) is 6.71. The number of ether oxygens (including phenoxy) is 4. The van der Waals surface area contributed by atoms with Crippen LogP contribution in [0, 0.1) is 0 Å². The van der Waals surface area contributed by atoms with Gasteiger partial charge in [0.2, 0.25) is 0 Å². The molecule has 0 saturated heterocycles. The third kappa shape index (κ3) is 6.03. The molecule has 0 saturated carbocycles. The Balaban J connectivity index is 1.54. The van der Waals surface area contributed by atoms with E-state index in [0.29, 0.717) is 11.5 Å². The summed E-state index contributed by atoms with van der Waals surface area (Å²) in [6.45, 7) is 0.206. The minimum atomic E-state index is -0.657. The van der Waals surface area contributed by atoms with Gasteiger partial charge in [0.1, 0.15) is 41.7 Å². The van der Waals surface area contributed by atoms with Crippen LogP contribution in [0.5, 0.6) is 17.2 Å². The number of hydrogen-bond donors (Lipinski definition) is 1. The summed E-state index contributed by atoms with van der Waals surface area (Å²) in [4.78, 5) is 27.3. The van der Waals surface area contributed by atoms with Gasteiger partial charge in [0.25, 0.3) is 5.56 Å². The second kappa shape index (κ2) is 12.6. The van der Waals surface area contributed by atoms with Gasteiger partial charge in [0.15, 0.2) is 0 Å². The first-order valence-corrected chi connectivity index (χ1v) is 13.0. The maximum atomic E-state index is 13.7. The highest BCUT2D eigenvalue weighted by molar-refractivity contribution is 5.83. The molecule has 5 rings (SSSR count). The van der Waals surface area contributed by atoms with E-state index >= 15 is 0 Å². The molecule has 0 unspecified atom stereocenters. The molecule has 1 N–H and O–H groups in total. The molecule has 0 spiro atoms. The van der Waals surface area contributed by atoms with Crippen LogP contribution >= 0.6 is 0 Å². The highest BCUT2D eigenvalue weighted by atomic mass is 16.5. The molecule has 10 heteroatoms. The number of hydrogen-bond acceptors (Lipinski definition) is 7. The third-order valence-electron chi connectivity index (χ3n) is 6.71. The maximum Gasteiger partial charge on any atom is 0.336 e. The molecule has 2 aromatic heterocycles. The van der Waals surface area contributed by atoms with Crippen LogP contribution in [0.4, 0.5) is 0 Å². The molecule has 2 heterocycles. The summed E-state index contributed by atoms with van der Waals surface area (Å²) >= 11 is 0. The highest BCUT2D eigenvalue weighted by Gasteiger charge is 2.22. The Morgan fingerprint density at radius 2 is 1.37 bits per heavy atom. The second-order valence-electron chi connectivity index (χ2n) is 9.39. The Hall–Kier alpha value is -4.80. The van der Waals surface area contributed by atoms with E-state index in [1.165, 1.54) is 10.8 Å². The largest absolute Gasteiger partial charge is 0.505 e. The molecule has 0 fully saturated rings. The molecule has 212 valence electrons. The standard InChI is InChI=1S/C31H31N3O7/c1-38-25-14-13-24(27(15-25)39-2)16-32-17-26(35)28-29(32)33(20-40-18-22-9-5-3-6-10-22)31(37)34(30(28)36)21-41-19-23-11-7-4-8-12-23/h3-15,17,35H,16,18-21H2,1-2H3. The number of aromatic nitrogens is 3. The molecule has 10 nitrogen and oxygen atoms in total. The van der Waals surface area contributed by atoms with E-state index in [1.54, 1.807) is 30.9 Å². The maximum absolute atomic E-state index is 13.7. The number of aromatic hydroxyl groups is 1. The monoisotopic (exact) mass is 557 g/mol. The summed E-state index contributed by atoms with van der Waals surface area (Å²) in [6.07, 6.45) is 1.43. The fourth-order valence-corrected chi connectivity index (χ4v) is 4.66. The zero-order valence-electron chi connectivity index (χ0n) is 22.9. The smallest absolute Gasteiger partial charge is 0.336 e. The lowest BCUT2D eigenvalue weighted by atomic mass is 10.2. The number of benzene rings is 3. The van der Waals surface area contributed by atoms with Crippen molar-refractivity contribution in [2.24, 2.45) is 0 Å². The Bertz CT molecular complexity index is 1740. The molecule has 0 amide bonds. The van der Waals surface area contributed by atoms with Crippen LogP contribution in [0.25, 0.3) is 11.0 Å². The average molecular weight is 558 g/mol. The van der Waals surface area contributed by atoms with Gasteiger partial charge in [-0.3, -0.25) is 9.36 Å². The summed E-state index contributed by atoms with van der Waals surface area (Å²) in [7, 11) is 3.11. The number of fused-ring (bicyclic) bond motifs is 1. The molecule has 3 aromatic carbocycles. The molecular formula is C31H31N3O7. The van der Waals surface area contributed by atoms with Crippen molar-refractivity contribution in [2.45, 2.75) is 33.2 Å². The van der Waals surface area contributed by atoms with Gasteiger partial charge in [0.05, 0.1) is 34.0 Å². The van der Waals surface area contributed by atoms with E-state index in [9.17, 15) is 14.7 Å². The van der Waals surface area contributed by atoms with Crippen molar-refractivity contribution < 1.29 is 24.1 Å². The van der Waals surface area contributed by atoms with Crippen LogP contribution in [-0.2, 0) is 42.7 Å². The van der Waals surface area contributed by atoms with Crippen LogP contribution < -0.4 is 20.7 Å². The van der Waals surface area contributed by atoms with Gasteiger partial charge >= 0.3 is 5.69 Å². The van der Waals surface area contributed by atoms with Crippen molar-refractivity contribution in [1.82, 2.24) is 13.7 Å². The van der Waals surface area contributed by atoms with Gasteiger partial charge in [-0.05, 0) is 23.3 Å². The lowest BCUT2D eigenvalue weighted by molar-refractivity contribution is 0.0461. The van der Waals surface area contributed by atoms with Gasteiger partial charge in [-0.25, -0.2) is 9.36 Å². The zero-order chi connectivity index (χ0) is 28.8. The average Bonchev–Trinajstić information content (AvgIpc) is 3.33. The lowest BCUT2D eigenvalue weighted by Gasteiger charge is -2.16. The van der Waals surface area contributed by atoms with Crippen molar-refractivity contribution in [3.63, 3.8) is 0 Å². The van der Waals surface area contributed by atoms with E-state index in [4.69, 9.17) is 18.9 Å². The Morgan fingerprint density at radius 3 is 1.95 bits per heavy atom. The second-order valence-corrected chi connectivity index (χ2v) is 9.39. The van der Waals surface area contributed by atoms with E-state index in [1.807, 2.05) is 66.7 Å². The van der Waals surface area contributed by atoms with Crippen LogP contribution in [0.15, 0.2) is 94.6 Å². The predicted molar refractivity (Wildman–Crippen MR) is 153 cm³/mol. The van der Waals surface area contributed by atoms with E-state index in [2.05, 4.69) is 0 Å². The molecule has 0 aliphatic carbocycles. The normalized spacial score (nSPS) is 11.2. The minimum absolute atomic E-state index is 0.0105. The van der Waals surface area contributed by atoms with Crippen LogP contribution in [0.2, 0.25) is 0 Å². The van der Waals surface area contributed by atoms with Crippen LogP contribution in [0.3, 0.4) is 0 Å². The Kier molecular flexibility index (Phi) is 8.52. The molecule has 5 aromatic rings. The molecule has 41 heavy (non-hydrogen) atoms. The van der Waals surface area contributed by atoms with E-state index < -0.39 is 11.2 Å². The van der Waals surface area contributed by atoms with Crippen molar-refractivity contribution in [3.8, 4) is 17.2 Å². The number of nitrogens with zero attached hydrogens (tertiary/aromatic N) is 3. The summed E-state index contributed by atoms with van der Waals surface area (Å²) in [5.74, 6) is 0.920. The molecule has 0 bridgehead atoms. The van der Waals surface area contributed by atoms with Crippen LogP contribution in [0.1, 0.15) is 16.7 Å². The van der Waals surface area contributed by atoms with Gasteiger partial charge in [-0.2, -0.15) is 0 Å². The van der Waals surface area contributed by atoms with Crippen molar-refractivity contribution in [1.29, 1.82) is 0 Å². The Labute approximate surface area is 236 Å². The van der Waals surface area contributed by atoms with Crippen LogP contribution in [-0.4, -0.2) is 33.0 Å². The molecule has 0 aliphatic heterocycles. The number of rotatable bonds is 12. The molecule has 0 radical (unpaired) electrons. The first-order valence-electron chi connectivity index (χ1n) is 13.0. The highest BCUT2D eigenvalue weighted by Crippen LogP contribution is 2.29. The van der Waals surface area contributed by atoms with Gasteiger partial charge < -0.3 is 28.6 Å². The number of methoxy groups -OCH3 is 2. The van der Waals surface area contributed by atoms with Crippen molar-refractivity contribution in [3.05, 3.63) is 123 Å². The molecule has 0 aliphatic rings. The predicted octanol–water partition coefficient (Wildman–Crippen LogP) is 4.08. The zero-order valence-corrected chi connectivity index (χ0v) is 22.9. The molecule has 0 atom stereocenters. The van der Waals surface area contributed by atoms with Gasteiger partial charge in [0, 0.05) is 17.8 Å². The van der Waals surface area contributed by atoms with Crippen molar-refractivity contribution >= 4 is 11.0 Å². The SMILES string of the molecule is COc1ccc(Cn2cc(O)c3c(=O)n(COCc4ccccc4)c(=O)n(COCc4ccccc4)c32)c(OC)c1. The summed E-state index contributed by atoms with van der Waals surface area (Å²) < 4.78 is 26.4. The summed E-state index contributed by atoms with van der Waals surface area (Å²) in [6, 6.07) is 24.3. The first kappa shape index (κ1) is 27.8. The topological polar surface area (TPSA) is 106 Å². The van der Waals surface area contributed by atoms with Gasteiger partial charge in [-0.1, -0.05) is 60.7 Å². The van der Waals surface area contributed by atoms with Gasteiger partial charge in [-0.15, -0.1) is 0 Å². The summed E-state index contributed by atoms with van der Waals surface area (Å²) in [5, 5.41) is 10.9. The molecular weight excluding hydrogens is 526 g/mol. The Morgan fingerprint density at radius 1 is 0.756 bits per heavy atom. The summed E-state index contributed by atoms with van der Waals surface area (Å²) in [5.41, 5.74) is 1.53. The van der Waals surface area contributed by atoms with Crippen molar-refractivity contribution in [2.75, 3.05) is 14.2 Å². The fraction of sp³-hybridized carbons (Fsp3) is 0.226.